The number of nitrogens with zero attached hydrogens (tertiary/aromatic N) is 2. The van der Waals surface area contributed by atoms with Crippen LogP contribution < -0.4 is 5.32 Å². The molecule has 5 heteroatoms. The molecule has 0 amide bonds. The average Bonchev–Trinajstić information content (AvgIpc) is 3.18. The molecule has 1 aromatic carbocycles. The summed E-state index contributed by atoms with van der Waals surface area (Å²) in [5.74, 6) is -1.61. The summed E-state index contributed by atoms with van der Waals surface area (Å²) < 4.78 is 28.5. The van der Waals surface area contributed by atoms with Gasteiger partial charge in [0.25, 0.3) is 0 Å². The number of benzene rings is 1. The molecule has 0 saturated heterocycles. The van der Waals surface area contributed by atoms with Crippen molar-refractivity contribution in [2.24, 2.45) is 0 Å². The van der Waals surface area contributed by atoms with Crippen LogP contribution in [0.25, 0.3) is 0 Å². The Kier molecular flexibility index (Phi) is 3.53. The van der Waals surface area contributed by atoms with Gasteiger partial charge in [0.1, 0.15) is 0 Å². The zero-order chi connectivity index (χ0) is 14.1. The highest BCUT2D eigenvalue weighted by Crippen LogP contribution is 2.20. The molecule has 0 spiro atoms. The lowest BCUT2D eigenvalue weighted by Crippen LogP contribution is -2.15. The first-order valence-corrected chi connectivity index (χ1v) is 6.82. The maximum absolute atomic E-state index is 13.6. The first kappa shape index (κ1) is 13.2. The molecular weight excluding hydrogens is 260 g/mol. The van der Waals surface area contributed by atoms with E-state index in [1.807, 2.05) is 13.1 Å². The van der Waals surface area contributed by atoms with E-state index in [1.54, 1.807) is 10.7 Å². The van der Waals surface area contributed by atoms with Crippen LogP contribution in [0.4, 0.5) is 8.78 Å². The zero-order valence-electron chi connectivity index (χ0n) is 11.4. The number of hydrogen-bond donors (Lipinski definition) is 1. The molecule has 1 aromatic heterocycles. The van der Waals surface area contributed by atoms with E-state index in [-0.39, 0.29) is 6.54 Å². The second-order valence-corrected chi connectivity index (χ2v) is 5.31. The van der Waals surface area contributed by atoms with Gasteiger partial charge in [0.2, 0.25) is 0 Å². The molecule has 2 aromatic rings. The first-order chi connectivity index (χ1) is 9.63. The fourth-order valence-corrected chi connectivity index (χ4v) is 2.20. The minimum atomic E-state index is -0.818. The Labute approximate surface area is 116 Å². The summed E-state index contributed by atoms with van der Waals surface area (Å²) in [7, 11) is 0. The molecule has 1 aliphatic carbocycles. The molecule has 3 nitrogen and oxygen atoms in total. The van der Waals surface area contributed by atoms with Crippen LogP contribution >= 0.6 is 0 Å². The van der Waals surface area contributed by atoms with Gasteiger partial charge in [-0.05, 0) is 25.8 Å². The molecule has 20 heavy (non-hydrogen) atoms. The van der Waals surface area contributed by atoms with Gasteiger partial charge in [-0.15, -0.1) is 0 Å². The normalized spacial score (nSPS) is 14.8. The Balaban J connectivity index is 1.73. The van der Waals surface area contributed by atoms with E-state index in [1.165, 1.54) is 18.9 Å². The number of rotatable bonds is 5. The molecule has 0 radical (unpaired) electrons. The van der Waals surface area contributed by atoms with Crippen LogP contribution in [-0.2, 0) is 13.1 Å². The van der Waals surface area contributed by atoms with Crippen LogP contribution in [0.1, 0.15) is 29.7 Å². The van der Waals surface area contributed by atoms with Crippen molar-refractivity contribution in [3.8, 4) is 0 Å². The fraction of sp³-hybridized carbons (Fsp3) is 0.400. The number of nitrogens with one attached hydrogen (secondary N) is 1. The highest BCUT2D eigenvalue weighted by Gasteiger charge is 2.20. The van der Waals surface area contributed by atoms with Crippen molar-refractivity contribution in [1.82, 2.24) is 15.1 Å². The predicted octanol–water partition coefficient (Wildman–Crippen LogP) is 2.77. The standard InChI is InChI=1S/C15H17F2N3/c1-10-12(7-18-13-5-6-13)9-20(19-10)8-11-3-2-4-14(16)15(11)17/h2-4,9,13,18H,5-8H2,1H3. The fourth-order valence-electron chi connectivity index (χ4n) is 2.20. The Morgan fingerprint density at radius 3 is 2.85 bits per heavy atom. The van der Waals surface area contributed by atoms with E-state index < -0.39 is 11.6 Å². The predicted molar refractivity (Wildman–Crippen MR) is 72.3 cm³/mol. The SMILES string of the molecule is Cc1nn(Cc2cccc(F)c2F)cc1CNC1CC1. The molecule has 106 valence electrons. The molecule has 1 N–H and O–H groups in total. The van der Waals surface area contributed by atoms with E-state index in [0.29, 0.717) is 11.6 Å². The largest absolute Gasteiger partial charge is 0.310 e. The van der Waals surface area contributed by atoms with E-state index in [2.05, 4.69) is 10.4 Å². The van der Waals surface area contributed by atoms with Gasteiger partial charge in [-0.1, -0.05) is 12.1 Å². The van der Waals surface area contributed by atoms with Gasteiger partial charge in [-0.2, -0.15) is 5.10 Å². The second kappa shape index (κ2) is 5.32. The Bertz CT molecular complexity index is 618. The highest BCUT2D eigenvalue weighted by molar-refractivity contribution is 5.21. The lowest BCUT2D eigenvalue weighted by molar-refractivity contribution is 0.491. The summed E-state index contributed by atoms with van der Waals surface area (Å²) in [6, 6.07) is 4.86. The third-order valence-corrected chi connectivity index (χ3v) is 3.57. The lowest BCUT2D eigenvalue weighted by atomic mass is 10.2. The number of hydrogen-bond acceptors (Lipinski definition) is 2. The molecule has 0 unspecified atom stereocenters. The van der Waals surface area contributed by atoms with Gasteiger partial charge >= 0.3 is 0 Å². The molecule has 1 aliphatic rings. The Morgan fingerprint density at radius 1 is 1.30 bits per heavy atom. The molecule has 1 fully saturated rings. The smallest absolute Gasteiger partial charge is 0.163 e. The number of halogens is 2. The van der Waals surface area contributed by atoms with Crippen molar-refractivity contribution in [1.29, 1.82) is 0 Å². The van der Waals surface area contributed by atoms with Crippen molar-refractivity contribution >= 4 is 0 Å². The van der Waals surface area contributed by atoms with E-state index in [4.69, 9.17) is 0 Å². The summed E-state index contributed by atoms with van der Waals surface area (Å²) >= 11 is 0. The van der Waals surface area contributed by atoms with Crippen LogP contribution in [0.15, 0.2) is 24.4 Å². The van der Waals surface area contributed by atoms with Crippen LogP contribution in [-0.4, -0.2) is 15.8 Å². The van der Waals surface area contributed by atoms with Gasteiger partial charge in [0, 0.05) is 29.9 Å². The van der Waals surface area contributed by atoms with Crippen molar-refractivity contribution in [2.75, 3.05) is 0 Å². The highest BCUT2D eigenvalue weighted by atomic mass is 19.2. The minimum Gasteiger partial charge on any atom is -0.310 e. The monoisotopic (exact) mass is 277 g/mol. The van der Waals surface area contributed by atoms with Crippen molar-refractivity contribution < 1.29 is 8.78 Å². The summed E-state index contributed by atoms with van der Waals surface area (Å²) in [4.78, 5) is 0. The molecule has 1 saturated carbocycles. The lowest BCUT2D eigenvalue weighted by Gasteiger charge is -2.04. The maximum atomic E-state index is 13.6. The molecule has 0 bridgehead atoms. The topological polar surface area (TPSA) is 29.9 Å². The van der Waals surface area contributed by atoms with Crippen LogP contribution in [0, 0.1) is 18.6 Å². The average molecular weight is 277 g/mol. The summed E-state index contributed by atoms with van der Waals surface area (Å²) in [6.07, 6.45) is 4.37. The van der Waals surface area contributed by atoms with Crippen molar-refractivity contribution in [3.63, 3.8) is 0 Å². The minimum absolute atomic E-state index is 0.244. The van der Waals surface area contributed by atoms with Gasteiger partial charge in [0.05, 0.1) is 12.2 Å². The first-order valence-electron chi connectivity index (χ1n) is 6.82. The molecule has 0 atom stereocenters. The van der Waals surface area contributed by atoms with Crippen LogP contribution in [0.2, 0.25) is 0 Å². The van der Waals surface area contributed by atoms with Crippen LogP contribution in [0.5, 0.6) is 0 Å². The molecule has 0 aliphatic heterocycles. The molecular formula is C15H17F2N3. The summed E-state index contributed by atoms with van der Waals surface area (Å²) in [5.41, 5.74) is 2.35. The van der Waals surface area contributed by atoms with E-state index in [9.17, 15) is 8.78 Å². The maximum Gasteiger partial charge on any atom is 0.163 e. The summed E-state index contributed by atoms with van der Waals surface area (Å²) in [6.45, 7) is 2.96. The number of aryl methyl sites for hydroxylation is 1. The third kappa shape index (κ3) is 2.88. The zero-order valence-corrected chi connectivity index (χ0v) is 11.4. The van der Waals surface area contributed by atoms with Crippen LogP contribution in [0.3, 0.4) is 0 Å². The molecule has 3 rings (SSSR count). The third-order valence-electron chi connectivity index (χ3n) is 3.57. The second-order valence-electron chi connectivity index (χ2n) is 5.31. The molecule has 1 heterocycles. The summed E-state index contributed by atoms with van der Waals surface area (Å²) in [5, 5.41) is 7.79. The quantitative estimate of drug-likeness (QED) is 0.910. The van der Waals surface area contributed by atoms with Gasteiger partial charge in [-0.3, -0.25) is 4.68 Å². The van der Waals surface area contributed by atoms with Gasteiger partial charge in [-0.25, -0.2) is 8.78 Å². The Hall–Kier alpha value is -1.75. The van der Waals surface area contributed by atoms with Crippen molar-refractivity contribution in [2.45, 2.75) is 38.9 Å². The van der Waals surface area contributed by atoms with Gasteiger partial charge in [0.15, 0.2) is 11.6 Å². The van der Waals surface area contributed by atoms with E-state index >= 15 is 0 Å². The van der Waals surface area contributed by atoms with Gasteiger partial charge < -0.3 is 5.32 Å². The Morgan fingerprint density at radius 2 is 2.10 bits per heavy atom. The van der Waals surface area contributed by atoms with E-state index in [0.717, 1.165) is 23.9 Å². The van der Waals surface area contributed by atoms with Crippen molar-refractivity contribution in [3.05, 3.63) is 52.9 Å². The number of aromatic nitrogens is 2.